The summed E-state index contributed by atoms with van der Waals surface area (Å²) in [6.45, 7) is 0. The van der Waals surface area contributed by atoms with Crippen LogP contribution in [0.3, 0.4) is 0 Å². The summed E-state index contributed by atoms with van der Waals surface area (Å²) >= 11 is 6.19. The maximum absolute atomic E-state index is 11.8. The third kappa shape index (κ3) is 3.23. The summed E-state index contributed by atoms with van der Waals surface area (Å²) in [7, 11) is 1.48. The number of methoxy groups -OCH3 is 1. The first kappa shape index (κ1) is 17.8. The predicted octanol–water partition coefficient (Wildman–Crippen LogP) is 4.99. The van der Waals surface area contributed by atoms with Gasteiger partial charge >= 0.3 is 5.97 Å². The molecule has 4 aromatic rings. The molecule has 2 aromatic heterocycles. The molecule has 0 bridgehead atoms. The van der Waals surface area contributed by atoms with Gasteiger partial charge in [-0.25, -0.2) is 9.78 Å². The highest BCUT2D eigenvalue weighted by molar-refractivity contribution is 6.31. The Labute approximate surface area is 164 Å². The summed E-state index contributed by atoms with van der Waals surface area (Å²) in [6.07, 6.45) is 4.60. The van der Waals surface area contributed by atoms with Gasteiger partial charge in [-0.1, -0.05) is 11.6 Å². The van der Waals surface area contributed by atoms with Gasteiger partial charge in [0, 0.05) is 16.6 Å². The number of rotatable bonds is 5. The van der Waals surface area contributed by atoms with E-state index in [0.717, 1.165) is 0 Å². The fourth-order valence-corrected chi connectivity index (χ4v) is 3.06. The zero-order valence-electron chi connectivity index (χ0n) is 14.6. The molecule has 0 fully saturated rings. The van der Waals surface area contributed by atoms with E-state index >= 15 is 0 Å². The van der Waals surface area contributed by atoms with Crippen molar-refractivity contribution in [2.24, 2.45) is 0 Å². The Morgan fingerprint density at radius 3 is 2.79 bits per heavy atom. The van der Waals surface area contributed by atoms with Gasteiger partial charge in [0.05, 0.1) is 41.3 Å². The second-order valence-electron chi connectivity index (χ2n) is 5.89. The molecule has 4 rings (SSSR count). The average Bonchev–Trinajstić information content (AvgIpc) is 3.23. The normalized spacial score (nSPS) is 10.8. The van der Waals surface area contributed by atoms with Crippen molar-refractivity contribution in [3.8, 4) is 17.2 Å². The molecular formula is C20H14ClN3O4. The first-order valence-corrected chi connectivity index (χ1v) is 8.61. The molecule has 28 heavy (non-hydrogen) atoms. The molecule has 0 aliphatic heterocycles. The van der Waals surface area contributed by atoms with Crippen LogP contribution in [-0.2, 0) is 0 Å². The summed E-state index contributed by atoms with van der Waals surface area (Å²) < 4.78 is 10.6. The lowest BCUT2D eigenvalue weighted by Crippen LogP contribution is -2.05. The van der Waals surface area contributed by atoms with Crippen LogP contribution in [0.5, 0.6) is 5.75 Å². The van der Waals surface area contributed by atoms with Gasteiger partial charge in [0.25, 0.3) is 0 Å². The van der Waals surface area contributed by atoms with Crippen molar-refractivity contribution in [2.75, 3.05) is 12.4 Å². The van der Waals surface area contributed by atoms with E-state index in [-0.39, 0.29) is 5.56 Å². The highest BCUT2D eigenvalue weighted by Gasteiger charge is 2.18. The molecule has 0 saturated heterocycles. The molecule has 8 heteroatoms. The first-order chi connectivity index (χ1) is 13.6. The first-order valence-electron chi connectivity index (χ1n) is 8.23. The van der Waals surface area contributed by atoms with Crippen LogP contribution in [0.4, 0.5) is 11.4 Å². The number of pyridine rings is 1. The third-order valence-corrected chi connectivity index (χ3v) is 4.44. The zero-order chi connectivity index (χ0) is 19.7. The van der Waals surface area contributed by atoms with Gasteiger partial charge in [0.1, 0.15) is 12.0 Å². The van der Waals surface area contributed by atoms with E-state index in [0.29, 0.717) is 44.5 Å². The lowest BCUT2D eigenvalue weighted by Gasteiger charge is -2.15. The van der Waals surface area contributed by atoms with Crippen LogP contribution in [0.2, 0.25) is 5.02 Å². The molecule has 0 spiro atoms. The number of hydrogen-bond donors (Lipinski definition) is 2. The summed E-state index contributed by atoms with van der Waals surface area (Å²) in [5.41, 5.74) is 2.29. The third-order valence-electron chi connectivity index (χ3n) is 4.21. The Morgan fingerprint density at radius 1 is 1.21 bits per heavy atom. The van der Waals surface area contributed by atoms with Gasteiger partial charge in [-0.05, 0) is 36.4 Å². The van der Waals surface area contributed by atoms with Crippen molar-refractivity contribution < 1.29 is 19.1 Å². The number of nitrogens with zero attached hydrogens (tertiary/aromatic N) is 2. The Hall–Kier alpha value is -3.58. The average molecular weight is 396 g/mol. The van der Waals surface area contributed by atoms with E-state index in [1.54, 1.807) is 36.5 Å². The molecular weight excluding hydrogens is 382 g/mol. The number of carbonyl (C=O) groups is 1. The molecule has 0 unspecified atom stereocenters. The van der Waals surface area contributed by atoms with Gasteiger partial charge in [0.2, 0.25) is 5.89 Å². The van der Waals surface area contributed by atoms with E-state index in [1.807, 2.05) is 0 Å². The Morgan fingerprint density at radius 2 is 2.07 bits per heavy atom. The van der Waals surface area contributed by atoms with E-state index in [2.05, 4.69) is 15.3 Å². The number of halogens is 1. The van der Waals surface area contributed by atoms with Gasteiger partial charge in [-0.2, -0.15) is 0 Å². The second-order valence-corrected chi connectivity index (χ2v) is 6.32. The molecule has 140 valence electrons. The molecule has 0 atom stereocenters. The fourth-order valence-electron chi connectivity index (χ4n) is 2.89. The van der Waals surface area contributed by atoms with Crippen LogP contribution in [0.15, 0.2) is 59.5 Å². The van der Waals surface area contributed by atoms with Crippen molar-refractivity contribution in [2.45, 2.75) is 0 Å². The Bertz CT molecular complexity index is 1180. The van der Waals surface area contributed by atoms with Gasteiger partial charge < -0.3 is 19.6 Å². The molecule has 2 heterocycles. The lowest BCUT2D eigenvalue weighted by molar-refractivity contribution is 0.0697. The Kier molecular flexibility index (Phi) is 4.58. The van der Waals surface area contributed by atoms with Gasteiger partial charge in [-0.15, -0.1) is 0 Å². The molecule has 0 saturated carbocycles. The quantitative estimate of drug-likeness (QED) is 0.491. The number of nitrogens with one attached hydrogen (secondary N) is 1. The van der Waals surface area contributed by atoms with Crippen LogP contribution in [0.1, 0.15) is 10.4 Å². The predicted molar refractivity (Wildman–Crippen MR) is 105 cm³/mol. The van der Waals surface area contributed by atoms with E-state index in [1.165, 1.54) is 25.6 Å². The molecule has 7 nitrogen and oxygen atoms in total. The molecule has 2 N–H and O–H groups in total. The maximum atomic E-state index is 11.8. The van der Waals surface area contributed by atoms with Crippen molar-refractivity contribution in [1.82, 2.24) is 9.97 Å². The number of carboxylic acid groups (broad SMARTS) is 1. The van der Waals surface area contributed by atoms with E-state index in [4.69, 9.17) is 20.8 Å². The largest absolute Gasteiger partial charge is 0.497 e. The standard InChI is InChI=1S/C20H14ClN3O4/c1-27-12-3-5-17(14(9-12)20(25)26)24-18-13-8-11(21)2-4-16(13)23-10-15(18)19-22-6-7-28-19/h2-10H,1H3,(H,23,24)(H,25,26). The van der Waals surface area contributed by atoms with Crippen LogP contribution in [-0.4, -0.2) is 28.2 Å². The van der Waals surface area contributed by atoms with Crippen molar-refractivity contribution in [3.05, 3.63) is 65.6 Å². The van der Waals surface area contributed by atoms with Crippen molar-refractivity contribution in [3.63, 3.8) is 0 Å². The highest BCUT2D eigenvalue weighted by Crippen LogP contribution is 2.37. The molecule has 0 amide bonds. The minimum Gasteiger partial charge on any atom is -0.497 e. The number of fused-ring (bicyclic) bond motifs is 1. The summed E-state index contributed by atoms with van der Waals surface area (Å²) in [6, 6.07) is 10.0. The lowest BCUT2D eigenvalue weighted by atomic mass is 10.1. The number of benzene rings is 2. The van der Waals surface area contributed by atoms with Crippen LogP contribution in [0, 0.1) is 0 Å². The minimum atomic E-state index is -1.09. The molecule has 0 aliphatic carbocycles. The monoisotopic (exact) mass is 395 g/mol. The SMILES string of the molecule is COc1ccc(Nc2c(-c3ncco3)cnc3ccc(Cl)cc23)c(C(=O)O)c1. The minimum absolute atomic E-state index is 0.0599. The molecule has 2 aromatic carbocycles. The van der Waals surface area contributed by atoms with Crippen LogP contribution < -0.4 is 10.1 Å². The summed E-state index contributed by atoms with van der Waals surface area (Å²) in [5, 5.41) is 14.0. The number of hydrogen-bond acceptors (Lipinski definition) is 6. The summed E-state index contributed by atoms with van der Waals surface area (Å²) in [5.74, 6) is -0.295. The number of aromatic nitrogens is 2. The van der Waals surface area contributed by atoms with Crippen LogP contribution >= 0.6 is 11.6 Å². The number of carboxylic acids is 1. The molecule has 0 aliphatic rings. The second kappa shape index (κ2) is 7.21. The fraction of sp³-hybridized carbons (Fsp3) is 0.0500. The van der Waals surface area contributed by atoms with Crippen molar-refractivity contribution >= 4 is 39.8 Å². The smallest absolute Gasteiger partial charge is 0.337 e. The Balaban J connectivity index is 1.94. The topological polar surface area (TPSA) is 97.5 Å². The number of oxazole rings is 1. The van der Waals surface area contributed by atoms with Gasteiger partial charge in [0.15, 0.2) is 0 Å². The number of anilines is 2. The maximum Gasteiger partial charge on any atom is 0.337 e. The van der Waals surface area contributed by atoms with Crippen LogP contribution in [0.25, 0.3) is 22.4 Å². The molecule has 0 radical (unpaired) electrons. The number of ether oxygens (including phenoxy) is 1. The van der Waals surface area contributed by atoms with E-state index < -0.39 is 5.97 Å². The zero-order valence-corrected chi connectivity index (χ0v) is 15.4. The highest BCUT2D eigenvalue weighted by atomic mass is 35.5. The van der Waals surface area contributed by atoms with E-state index in [9.17, 15) is 9.90 Å². The van der Waals surface area contributed by atoms with Crippen molar-refractivity contribution in [1.29, 1.82) is 0 Å². The van der Waals surface area contributed by atoms with Gasteiger partial charge in [-0.3, -0.25) is 4.98 Å². The summed E-state index contributed by atoms with van der Waals surface area (Å²) in [4.78, 5) is 20.4. The number of aromatic carboxylic acids is 1.